The van der Waals surface area contributed by atoms with Crippen molar-refractivity contribution < 1.29 is 0 Å². The molecule has 0 aromatic heterocycles. The molecule has 1 nitrogen and oxygen atoms in total. The molecule has 0 heterocycles. The smallest absolute Gasteiger partial charge is 0.0203 e. The molecular formula is C13H27NS. The Morgan fingerprint density at radius 3 is 2.67 bits per heavy atom. The number of rotatable bonds is 6. The van der Waals surface area contributed by atoms with Crippen molar-refractivity contribution in [2.45, 2.75) is 63.7 Å². The molecule has 1 rings (SSSR count). The number of nitrogens with one attached hydrogen (secondary N) is 1. The predicted octanol–water partition coefficient (Wildman–Crippen LogP) is 3.69. The van der Waals surface area contributed by atoms with E-state index in [1.165, 1.54) is 44.3 Å². The second-order valence-corrected chi connectivity index (χ2v) is 6.09. The number of thioether (sulfide) groups is 1. The Labute approximate surface area is 99.8 Å². The highest BCUT2D eigenvalue weighted by Gasteiger charge is 2.28. The van der Waals surface area contributed by atoms with Gasteiger partial charge in [0, 0.05) is 11.3 Å². The van der Waals surface area contributed by atoms with E-state index in [0.717, 1.165) is 17.2 Å². The Bertz CT molecular complexity index is 161. The van der Waals surface area contributed by atoms with Gasteiger partial charge in [0.1, 0.15) is 0 Å². The maximum absolute atomic E-state index is 3.50. The predicted molar refractivity (Wildman–Crippen MR) is 71.6 cm³/mol. The molecule has 1 aliphatic rings. The highest BCUT2D eigenvalue weighted by molar-refractivity contribution is 7.99. The Morgan fingerprint density at radius 2 is 2.07 bits per heavy atom. The van der Waals surface area contributed by atoms with Gasteiger partial charge in [0.05, 0.1) is 0 Å². The third-order valence-corrected chi connectivity index (χ3v) is 5.15. The van der Waals surface area contributed by atoms with Crippen molar-refractivity contribution in [1.82, 2.24) is 5.32 Å². The van der Waals surface area contributed by atoms with Crippen molar-refractivity contribution >= 4 is 11.8 Å². The summed E-state index contributed by atoms with van der Waals surface area (Å²) >= 11 is 2.21. The van der Waals surface area contributed by atoms with Crippen molar-refractivity contribution in [3.63, 3.8) is 0 Å². The standard InChI is InChI=1S/C13H27NS/c1-4-6-9-15-13-10-11(5-2)7-8-12(13)14-3/h11-14H,4-10H2,1-3H3. The first-order chi connectivity index (χ1) is 7.31. The van der Waals surface area contributed by atoms with Gasteiger partial charge in [-0.05, 0) is 44.4 Å². The van der Waals surface area contributed by atoms with Gasteiger partial charge in [0.25, 0.3) is 0 Å². The monoisotopic (exact) mass is 229 g/mol. The van der Waals surface area contributed by atoms with Gasteiger partial charge >= 0.3 is 0 Å². The molecule has 0 aliphatic heterocycles. The fourth-order valence-corrected chi connectivity index (χ4v) is 4.15. The lowest BCUT2D eigenvalue weighted by Gasteiger charge is -2.35. The van der Waals surface area contributed by atoms with Gasteiger partial charge in [-0.25, -0.2) is 0 Å². The largest absolute Gasteiger partial charge is 0.316 e. The molecule has 0 saturated heterocycles. The first-order valence-electron chi connectivity index (χ1n) is 6.60. The van der Waals surface area contributed by atoms with Crippen LogP contribution >= 0.6 is 11.8 Å². The lowest BCUT2D eigenvalue weighted by Crippen LogP contribution is -2.40. The van der Waals surface area contributed by atoms with E-state index in [1.807, 2.05) is 0 Å². The number of hydrogen-bond donors (Lipinski definition) is 1. The molecule has 0 bridgehead atoms. The summed E-state index contributed by atoms with van der Waals surface area (Å²) in [6.07, 6.45) is 8.36. The normalized spacial score (nSPS) is 31.8. The van der Waals surface area contributed by atoms with Crippen LogP contribution in [0, 0.1) is 5.92 Å². The van der Waals surface area contributed by atoms with Gasteiger partial charge in [-0.2, -0.15) is 11.8 Å². The number of unbranched alkanes of at least 4 members (excludes halogenated alkanes) is 1. The molecule has 1 aliphatic carbocycles. The molecule has 0 aromatic rings. The van der Waals surface area contributed by atoms with E-state index in [-0.39, 0.29) is 0 Å². The molecule has 3 atom stereocenters. The van der Waals surface area contributed by atoms with Gasteiger partial charge in [0.2, 0.25) is 0 Å². The summed E-state index contributed by atoms with van der Waals surface area (Å²) in [6.45, 7) is 4.63. The Morgan fingerprint density at radius 1 is 1.27 bits per heavy atom. The molecule has 3 unspecified atom stereocenters. The van der Waals surface area contributed by atoms with Crippen molar-refractivity contribution in [3.8, 4) is 0 Å². The van der Waals surface area contributed by atoms with E-state index in [0.29, 0.717) is 0 Å². The fourth-order valence-electron chi connectivity index (χ4n) is 2.48. The van der Waals surface area contributed by atoms with Crippen molar-refractivity contribution in [3.05, 3.63) is 0 Å². The summed E-state index contributed by atoms with van der Waals surface area (Å²) in [7, 11) is 2.13. The van der Waals surface area contributed by atoms with Gasteiger partial charge in [-0.1, -0.05) is 26.7 Å². The molecule has 1 fully saturated rings. The molecule has 15 heavy (non-hydrogen) atoms. The van der Waals surface area contributed by atoms with Crippen molar-refractivity contribution in [1.29, 1.82) is 0 Å². The van der Waals surface area contributed by atoms with Crippen LogP contribution in [0.5, 0.6) is 0 Å². The second-order valence-electron chi connectivity index (χ2n) is 4.75. The van der Waals surface area contributed by atoms with Crippen LogP contribution < -0.4 is 5.32 Å². The minimum absolute atomic E-state index is 0.773. The topological polar surface area (TPSA) is 12.0 Å². The molecular weight excluding hydrogens is 202 g/mol. The summed E-state index contributed by atoms with van der Waals surface area (Å²) in [5.41, 5.74) is 0. The van der Waals surface area contributed by atoms with E-state index < -0.39 is 0 Å². The van der Waals surface area contributed by atoms with E-state index >= 15 is 0 Å². The summed E-state index contributed by atoms with van der Waals surface area (Å²) in [5, 5.41) is 4.38. The van der Waals surface area contributed by atoms with Crippen LogP contribution in [0.25, 0.3) is 0 Å². The van der Waals surface area contributed by atoms with Gasteiger partial charge in [-0.3, -0.25) is 0 Å². The molecule has 0 spiro atoms. The van der Waals surface area contributed by atoms with Crippen LogP contribution in [0.1, 0.15) is 52.4 Å². The molecule has 2 heteroatoms. The lowest BCUT2D eigenvalue weighted by molar-refractivity contribution is 0.304. The van der Waals surface area contributed by atoms with Crippen molar-refractivity contribution in [2.75, 3.05) is 12.8 Å². The van der Waals surface area contributed by atoms with Crippen LogP contribution in [0.4, 0.5) is 0 Å². The van der Waals surface area contributed by atoms with E-state index in [4.69, 9.17) is 0 Å². The number of hydrogen-bond acceptors (Lipinski definition) is 2. The van der Waals surface area contributed by atoms with Gasteiger partial charge in [0.15, 0.2) is 0 Å². The van der Waals surface area contributed by atoms with Gasteiger partial charge in [-0.15, -0.1) is 0 Å². The van der Waals surface area contributed by atoms with E-state index in [2.05, 4.69) is 38.0 Å². The second kappa shape index (κ2) is 7.56. The molecule has 90 valence electrons. The zero-order chi connectivity index (χ0) is 11.1. The van der Waals surface area contributed by atoms with E-state index in [9.17, 15) is 0 Å². The highest BCUT2D eigenvalue weighted by Crippen LogP contribution is 2.34. The van der Waals surface area contributed by atoms with E-state index in [1.54, 1.807) is 0 Å². The Balaban J connectivity index is 2.33. The first-order valence-corrected chi connectivity index (χ1v) is 7.65. The first kappa shape index (κ1) is 13.4. The maximum atomic E-state index is 3.50. The molecule has 1 saturated carbocycles. The SMILES string of the molecule is CCCCSC1CC(CC)CCC1NC. The summed E-state index contributed by atoms with van der Waals surface area (Å²) < 4.78 is 0. The van der Waals surface area contributed by atoms with Crippen LogP contribution in [0.15, 0.2) is 0 Å². The average Bonchev–Trinajstić information content (AvgIpc) is 2.29. The quantitative estimate of drug-likeness (QED) is 0.697. The minimum Gasteiger partial charge on any atom is -0.316 e. The molecule has 0 aromatic carbocycles. The third-order valence-electron chi connectivity index (χ3n) is 3.68. The fraction of sp³-hybridized carbons (Fsp3) is 1.00. The minimum atomic E-state index is 0.773. The third kappa shape index (κ3) is 4.36. The molecule has 1 N–H and O–H groups in total. The average molecular weight is 229 g/mol. The Hall–Kier alpha value is 0.310. The van der Waals surface area contributed by atoms with Crippen LogP contribution in [0.3, 0.4) is 0 Å². The Kier molecular flexibility index (Phi) is 6.74. The van der Waals surface area contributed by atoms with Crippen LogP contribution in [-0.2, 0) is 0 Å². The van der Waals surface area contributed by atoms with Crippen LogP contribution in [0.2, 0.25) is 0 Å². The lowest BCUT2D eigenvalue weighted by atomic mass is 9.84. The summed E-state index contributed by atoms with van der Waals surface area (Å²) in [4.78, 5) is 0. The molecule has 0 radical (unpaired) electrons. The van der Waals surface area contributed by atoms with Crippen molar-refractivity contribution in [2.24, 2.45) is 5.92 Å². The summed E-state index contributed by atoms with van der Waals surface area (Å²) in [5.74, 6) is 2.35. The summed E-state index contributed by atoms with van der Waals surface area (Å²) in [6, 6.07) is 0.773. The van der Waals surface area contributed by atoms with Gasteiger partial charge < -0.3 is 5.32 Å². The molecule has 0 amide bonds. The highest BCUT2D eigenvalue weighted by atomic mass is 32.2. The zero-order valence-corrected chi connectivity index (χ0v) is 11.4. The van der Waals surface area contributed by atoms with Crippen LogP contribution in [-0.4, -0.2) is 24.1 Å². The maximum Gasteiger partial charge on any atom is 0.0203 e. The zero-order valence-electron chi connectivity index (χ0n) is 10.6.